The summed E-state index contributed by atoms with van der Waals surface area (Å²) in [6, 6.07) is 9.15. The number of benzene rings is 1. The number of hydrogen-bond donors (Lipinski definition) is 1. The molecular formula is C14H17N3. The first-order valence-corrected chi connectivity index (χ1v) is 6.15. The van der Waals surface area contributed by atoms with Crippen molar-refractivity contribution in [2.24, 2.45) is 0 Å². The van der Waals surface area contributed by atoms with Crippen molar-refractivity contribution >= 4 is 5.95 Å². The molecule has 1 aromatic carbocycles. The van der Waals surface area contributed by atoms with Crippen LogP contribution in [0.25, 0.3) is 0 Å². The zero-order chi connectivity index (χ0) is 11.7. The van der Waals surface area contributed by atoms with Crippen molar-refractivity contribution in [3.63, 3.8) is 0 Å². The summed E-state index contributed by atoms with van der Waals surface area (Å²) in [7, 11) is 0. The van der Waals surface area contributed by atoms with E-state index in [1.54, 1.807) is 0 Å². The van der Waals surface area contributed by atoms with Gasteiger partial charge < -0.3 is 9.88 Å². The van der Waals surface area contributed by atoms with Crippen LogP contribution in [0.3, 0.4) is 0 Å². The second-order valence-corrected chi connectivity index (χ2v) is 4.72. The van der Waals surface area contributed by atoms with Crippen LogP contribution in [-0.2, 0) is 6.54 Å². The summed E-state index contributed by atoms with van der Waals surface area (Å²) in [5.41, 5.74) is 2.68. The molecule has 3 heteroatoms. The number of anilines is 1. The molecule has 1 N–H and O–H groups in total. The Kier molecular flexibility index (Phi) is 2.59. The van der Waals surface area contributed by atoms with Crippen molar-refractivity contribution < 1.29 is 0 Å². The molecule has 17 heavy (non-hydrogen) atoms. The minimum atomic E-state index is 0.646. The lowest BCUT2D eigenvalue weighted by Gasteiger charge is -2.10. The summed E-state index contributed by atoms with van der Waals surface area (Å²) >= 11 is 0. The monoisotopic (exact) mass is 227 g/mol. The van der Waals surface area contributed by atoms with E-state index in [0.29, 0.717) is 6.04 Å². The zero-order valence-electron chi connectivity index (χ0n) is 10.1. The van der Waals surface area contributed by atoms with Gasteiger partial charge in [0.25, 0.3) is 0 Å². The topological polar surface area (TPSA) is 29.9 Å². The summed E-state index contributed by atoms with van der Waals surface area (Å²) in [6.45, 7) is 3.04. The number of aromatic nitrogens is 2. The third-order valence-corrected chi connectivity index (χ3v) is 3.23. The maximum absolute atomic E-state index is 4.37. The summed E-state index contributed by atoms with van der Waals surface area (Å²) in [4.78, 5) is 4.37. The first kappa shape index (κ1) is 10.4. The predicted molar refractivity (Wildman–Crippen MR) is 69.2 cm³/mol. The molecule has 3 rings (SSSR count). The molecule has 0 bridgehead atoms. The standard InChI is InChI=1S/C14H17N3/c1-11-4-2-3-5-12(11)10-17-9-8-15-14(17)16-13-6-7-13/h2-5,8-9,13H,6-7,10H2,1H3,(H,15,16). The van der Waals surface area contributed by atoms with Crippen molar-refractivity contribution in [1.82, 2.24) is 9.55 Å². The molecule has 0 spiro atoms. The van der Waals surface area contributed by atoms with Gasteiger partial charge in [-0.05, 0) is 30.9 Å². The molecule has 1 aliphatic rings. The van der Waals surface area contributed by atoms with Gasteiger partial charge in [-0.1, -0.05) is 24.3 Å². The summed E-state index contributed by atoms with van der Waals surface area (Å²) in [5.74, 6) is 0.996. The molecule has 0 amide bonds. The number of imidazole rings is 1. The van der Waals surface area contributed by atoms with E-state index in [4.69, 9.17) is 0 Å². The predicted octanol–water partition coefficient (Wildman–Crippen LogP) is 2.81. The van der Waals surface area contributed by atoms with Crippen LogP contribution in [-0.4, -0.2) is 15.6 Å². The molecule has 1 saturated carbocycles. The second-order valence-electron chi connectivity index (χ2n) is 4.72. The fourth-order valence-electron chi connectivity index (χ4n) is 1.96. The van der Waals surface area contributed by atoms with Gasteiger partial charge in [0, 0.05) is 18.4 Å². The number of hydrogen-bond acceptors (Lipinski definition) is 2. The molecule has 1 heterocycles. The Hall–Kier alpha value is -1.77. The molecule has 0 saturated heterocycles. The zero-order valence-corrected chi connectivity index (χ0v) is 10.1. The number of nitrogens with one attached hydrogen (secondary N) is 1. The van der Waals surface area contributed by atoms with E-state index >= 15 is 0 Å². The fraction of sp³-hybridized carbons (Fsp3) is 0.357. The molecule has 88 valence electrons. The Morgan fingerprint density at radius 2 is 2.18 bits per heavy atom. The molecule has 1 aliphatic carbocycles. The van der Waals surface area contributed by atoms with Crippen LogP contribution >= 0.6 is 0 Å². The van der Waals surface area contributed by atoms with Gasteiger partial charge in [0.15, 0.2) is 0 Å². The van der Waals surface area contributed by atoms with Crippen molar-refractivity contribution in [1.29, 1.82) is 0 Å². The van der Waals surface area contributed by atoms with Crippen molar-refractivity contribution in [3.05, 3.63) is 47.8 Å². The Morgan fingerprint density at radius 1 is 1.35 bits per heavy atom. The van der Waals surface area contributed by atoms with E-state index in [9.17, 15) is 0 Å². The lowest BCUT2D eigenvalue weighted by Crippen LogP contribution is -2.10. The summed E-state index contributed by atoms with van der Waals surface area (Å²) < 4.78 is 2.18. The van der Waals surface area contributed by atoms with E-state index < -0.39 is 0 Å². The second kappa shape index (κ2) is 4.24. The molecule has 0 radical (unpaired) electrons. The minimum Gasteiger partial charge on any atom is -0.353 e. The van der Waals surface area contributed by atoms with Crippen LogP contribution in [0.2, 0.25) is 0 Å². The third kappa shape index (κ3) is 2.33. The minimum absolute atomic E-state index is 0.646. The SMILES string of the molecule is Cc1ccccc1Cn1ccnc1NC1CC1. The van der Waals surface area contributed by atoms with Gasteiger partial charge in [0.05, 0.1) is 6.54 Å². The normalized spacial score (nSPS) is 14.9. The van der Waals surface area contributed by atoms with Crippen LogP contribution in [0.15, 0.2) is 36.7 Å². The molecule has 1 aromatic heterocycles. The average Bonchev–Trinajstić information content (AvgIpc) is 3.03. The third-order valence-electron chi connectivity index (χ3n) is 3.23. The number of aryl methyl sites for hydroxylation is 1. The Balaban J connectivity index is 1.80. The maximum atomic E-state index is 4.37. The highest BCUT2D eigenvalue weighted by molar-refractivity contribution is 5.33. The Labute approximate surface area is 101 Å². The molecule has 0 atom stereocenters. The van der Waals surface area contributed by atoms with Crippen LogP contribution in [0, 0.1) is 6.92 Å². The molecule has 1 fully saturated rings. The van der Waals surface area contributed by atoms with Gasteiger partial charge in [0.1, 0.15) is 0 Å². The van der Waals surface area contributed by atoms with E-state index in [0.717, 1.165) is 12.5 Å². The highest BCUT2D eigenvalue weighted by Crippen LogP contribution is 2.24. The summed E-state index contributed by atoms with van der Waals surface area (Å²) in [5, 5.41) is 3.46. The Morgan fingerprint density at radius 3 is 2.94 bits per heavy atom. The lowest BCUT2D eigenvalue weighted by molar-refractivity contribution is 0.792. The van der Waals surface area contributed by atoms with Crippen molar-refractivity contribution in [3.8, 4) is 0 Å². The Bertz CT molecular complexity index is 512. The van der Waals surface area contributed by atoms with Crippen LogP contribution in [0.4, 0.5) is 5.95 Å². The highest BCUT2D eigenvalue weighted by atomic mass is 15.2. The molecule has 0 unspecified atom stereocenters. The van der Waals surface area contributed by atoms with E-state index in [1.165, 1.54) is 24.0 Å². The lowest BCUT2D eigenvalue weighted by atomic mass is 10.1. The van der Waals surface area contributed by atoms with Gasteiger partial charge in [-0.15, -0.1) is 0 Å². The average molecular weight is 227 g/mol. The summed E-state index contributed by atoms with van der Waals surface area (Å²) in [6.07, 6.45) is 6.45. The van der Waals surface area contributed by atoms with Crippen LogP contribution < -0.4 is 5.32 Å². The molecule has 2 aromatic rings. The molecule has 0 aliphatic heterocycles. The van der Waals surface area contributed by atoms with Crippen molar-refractivity contribution in [2.75, 3.05) is 5.32 Å². The fourth-order valence-corrected chi connectivity index (χ4v) is 1.96. The number of nitrogens with zero attached hydrogens (tertiary/aromatic N) is 2. The van der Waals surface area contributed by atoms with Gasteiger partial charge in [-0.2, -0.15) is 0 Å². The smallest absolute Gasteiger partial charge is 0.203 e. The number of rotatable bonds is 4. The van der Waals surface area contributed by atoms with E-state index in [-0.39, 0.29) is 0 Å². The van der Waals surface area contributed by atoms with Crippen LogP contribution in [0.5, 0.6) is 0 Å². The van der Waals surface area contributed by atoms with E-state index in [2.05, 4.69) is 46.1 Å². The van der Waals surface area contributed by atoms with Crippen molar-refractivity contribution in [2.45, 2.75) is 32.4 Å². The first-order chi connectivity index (χ1) is 8.33. The van der Waals surface area contributed by atoms with Gasteiger partial charge >= 0.3 is 0 Å². The van der Waals surface area contributed by atoms with Gasteiger partial charge in [0.2, 0.25) is 5.95 Å². The largest absolute Gasteiger partial charge is 0.353 e. The molecule has 3 nitrogen and oxygen atoms in total. The van der Waals surface area contributed by atoms with Gasteiger partial charge in [-0.3, -0.25) is 0 Å². The van der Waals surface area contributed by atoms with E-state index in [1.807, 2.05) is 12.4 Å². The van der Waals surface area contributed by atoms with Gasteiger partial charge in [-0.25, -0.2) is 4.98 Å². The molecular weight excluding hydrogens is 210 g/mol. The maximum Gasteiger partial charge on any atom is 0.203 e. The highest BCUT2D eigenvalue weighted by Gasteiger charge is 2.22. The first-order valence-electron chi connectivity index (χ1n) is 6.15. The quantitative estimate of drug-likeness (QED) is 0.870. The van der Waals surface area contributed by atoms with Crippen LogP contribution in [0.1, 0.15) is 24.0 Å².